The van der Waals surface area contributed by atoms with E-state index in [0.29, 0.717) is 10.9 Å². The van der Waals surface area contributed by atoms with Crippen LogP contribution >= 0.6 is 23.2 Å². The Morgan fingerprint density at radius 1 is 1.21 bits per heavy atom. The Labute approximate surface area is 124 Å². The highest BCUT2D eigenvalue weighted by Crippen LogP contribution is 2.44. The molecule has 3 N–H and O–H groups in total. The van der Waals surface area contributed by atoms with Gasteiger partial charge in [0.1, 0.15) is 6.04 Å². The lowest BCUT2D eigenvalue weighted by molar-refractivity contribution is -0.719. The highest BCUT2D eigenvalue weighted by molar-refractivity contribution is 6.35. The molecule has 2 fully saturated rings. The molecule has 1 aromatic rings. The molecule has 19 heavy (non-hydrogen) atoms. The summed E-state index contributed by atoms with van der Waals surface area (Å²) in [6.07, 6.45) is 5.29. The van der Waals surface area contributed by atoms with Crippen molar-refractivity contribution in [1.82, 2.24) is 0 Å². The van der Waals surface area contributed by atoms with Crippen molar-refractivity contribution in [3.63, 3.8) is 0 Å². The quantitative estimate of drug-likeness (QED) is 0.822. The maximum atomic E-state index is 10.9. The topological polar surface area (TPSA) is 36.8 Å². The van der Waals surface area contributed by atoms with Crippen molar-refractivity contribution < 1.29 is 10.4 Å². The molecule has 2 nitrogen and oxygen atoms in total. The summed E-state index contributed by atoms with van der Waals surface area (Å²) in [5, 5.41) is 14.6. The molecule has 3 atom stereocenters. The number of hydrogen-bond donors (Lipinski definition) is 2. The van der Waals surface area contributed by atoms with Gasteiger partial charge in [-0.3, -0.25) is 0 Å². The van der Waals surface area contributed by atoms with E-state index in [0.717, 1.165) is 42.8 Å². The van der Waals surface area contributed by atoms with Crippen molar-refractivity contribution in [3.8, 4) is 0 Å². The summed E-state index contributed by atoms with van der Waals surface area (Å²) < 4.78 is 0. The number of fused-ring (bicyclic) bond motifs is 1. The van der Waals surface area contributed by atoms with Crippen molar-refractivity contribution in [1.29, 1.82) is 0 Å². The molecule has 1 saturated carbocycles. The standard InChI is InChI=1S/C15H19Cl2NO/c16-10-4-5-11(13(17)9-10)14-12-3-1-2-6-15(12,19)7-8-18-14/h4-5,9,12,14,18-19H,1-3,6-8H2/p+1/t12-,14-,15-/m0/s1. The van der Waals surface area contributed by atoms with Gasteiger partial charge in [0, 0.05) is 22.9 Å². The van der Waals surface area contributed by atoms with E-state index in [1.807, 2.05) is 18.2 Å². The summed E-state index contributed by atoms with van der Waals surface area (Å²) in [4.78, 5) is 0. The van der Waals surface area contributed by atoms with Crippen molar-refractivity contribution >= 4 is 23.2 Å². The fourth-order valence-electron chi connectivity index (χ4n) is 3.87. The molecule has 1 saturated heterocycles. The molecule has 0 spiro atoms. The molecule has 1 aromatic carbocycles. The predicted octanol–water partition coefficient (Wildman–Crippen LogP) is 2.92. The lowest BCUT2D eigenvalue weighted by atomic mass is 9.67. The molecule has 4 heteroatoms. The van der Waals surface area contributed by atoms with E-state index < -0.39 is 5.60 Å². The first-order valence-corrected chi connectivity index (χ1v) is 7.86. The van der Waals surface area contributed by atoms with Gasteiger partial charge in [0.25, 0.3) is 0 Å². The van der Waals surface area contributed by atoms with Crippen LogP contribution in [0.25, 0.3) is 0 Å². The lowest BCUT2D eigenvalue weighted by Gasteiger charge is -2.46. The highest BCUT2D eigenvalue weighted by Gasteiger charge is 2.48. The normalized spacial score (nSPS) is 34.9. The Morgan fingerprint density at radius 3 is 2.84 bits per heavy atom. The van der Waals surface area contributed by atoms with Gasteiger partial charge >= 0.3 is 0 Å². The van der Waals surface area contributed by atoms with Gasteiger partial charge in [0.15, 0.2) is 0 Å². The monoisotopic (exact) mass is 300 g/mol. The fraction of sp³-hybridized carbons (Fsp3) is 0.600. The Balaban J connectivity index is 1.94. The molecule has 3 rings (SSSR count). The van der Waals surface area contributed by atoms with Crippen molar-refractivity contribution in [3.05, 3.63) is 33.8 Å². The van der Waals surface area contributed by atoms with Gasteiger partial charge in [-0.1, -0.05) is 42.1 Å². The Morgan fingerprint density at radius 2 is 2.05 bits per heavy atom. The van der Waals surface area contributed by atoms with Gasteiger partial charge < -0.3 is 10.4 Å². The summed E-state index contributed by atoms with van der Waals surface area (Å²) in [5.41, 5.74) is 0.636. The predicted molar refractivity (Wildman–Crippen MR) is 77.5 cm³/mol. The third-order valence-electron chi connectivity index (χ3n) is 4.82. The van der Waals surface area contributed by atoms with Crippen LogP contribution in [0.1, 0.15) is 43.7 Å². The van der Waals surface area contributed by atoms with Gasteiger partial charge in [-0.05, 0) is 25.0 Å². The van der Waals surface area contributed by atoms with Crippen LogP contribution in [-0.4, -0.2) is 17.3 Å². The molecule has 0 amide bonds. The molecule has 0 radical (unpaired) electrons. The van der Waals surface area contributed by atoms with Crippen LogP contribution in [0.3, 0.4) is 0 Å². The average molecular weight is 301 g/mol. The number of benzene rings is 1. The van der Waals surface area contributed by atoms with E-state index in [2.05, 4.69) is 5.32 Å². The number of quaternary nitrogens is 1. The van der Waals surface area contributed by atoms with Crippen LogP contribution in [0.15, 0.2) is 18.2 Å². The number of aliphatic hydroxyl groups is 1. The van der Waals surface area contributed by atoms with E-state index in [1.54, 1.807) is 0 Å². The Hall–Kier alpha value is -0.280. The first-order chi connectivity index (χ1) is 9.10. The minimum Gasteiger partial charge on any atom is -0.389 e. The number of halogens is 2. The largest absolute Gasteiger partial charge is 0.389 e. The Bertz CT molecular complexity index is 475. The summed E-state index contributed by atoms with van der Waals surface area (Å²) in [7, 11) is 0. The van der Waals surface area contributed by atoms with Gasteiger partial charge in [-0.25, -0.2) is 0 Å². The van der Waals surface area contributed by atoms with E-state index in [9.17, 15) is 5.11 Å². The summed E-state index contributed by atoms with van der Waals surface area (Å²) >= 11 is 12.3. The minimum atomic E-state index is -0.485. The molecule has 104 valence electrons. The van der Waals surface area contributed by atoms with Crippen LogP contribution in [0.2, 0.25) is 10.0 Å². The fourth-order valence-corrected chi connectivity index (χ4v) is 4.40. The summed E-state index contributed by atoms with van der Waals surface area (Å²) in [6.45, 7) is 0.969. The zero-order chi connectivity index (χ0) is 13.5. The zero-order valence-corrected chi connectivity index (χ0v) is 12.4. The summed E-state index contributed by atoms with van der Waals surface area (Å²) in [5.74, 6) is 0.314. The molecular formula is C15H20Cl2NO+. The maximum absolute atomic E-state index is 10.9. The molecule has 1 aliphatic carbocycles. The van der Waals surface area contributed by atoms with Gasteiger partial charge in [0.05, 0.1) is 17.2 Å². The number of nitrogens with two attached hydrogens (primary N) is 1. The second-order valence-corrected chi connectivity index (χ2v) is 6.77. The molecular weight excluding hydrogens is 281 g/mol. The summed E-state index contributed by atoms with van der Waals surface area (Å²) in [6, 6.07) is 5.99. The van der Waals surface area contributed by atoms with Crippen LogP contribution < -0.4 is 5.32 Å². The molecule has 2 aliphatic rings. The average Bonchev–Trinajstić information content (AvgIpc) is 2.37. The SMILES string of the molecule is O[C@]12CCCC[C@H]1[C@H](c1ccc(Cl)cc1Cl)[NH2+]CC2. The van der Waals surface area contributed by atoms with Gasteiger partial charge in [0.2, 0.25) is 0 Å². The lowest BCUT2D eigenvalue weighted by Crippen LogP contribution is -2.91. The molecule has 1 aliphatic heterocycles. The number of hydrogen-bond acceptors (Lipinski definition) is 1. The number of piperidine rings is 1. The third-order valence-corrected chi connectivity index (χ3v) is 5.38. The van der Waals surface area contributed by atoms with Crippen LogP contribution in [-0.2, 0) is 0 Å². The van der Waals surface area contributed by atoms with E-state index in [1.165, 1.54) is 6.42 Å². The van der Waals surface area contributed by atoms with Gasteiger partial charge in [-0.15, -0.1) is 0 Å². The molecule has 0 unspecified atom stereocenters. The first kappa shape index (κ1) is 13.7. The van der Waals surface area contributed by atoms with Crippen molar-refractivity contribution in [2.75, 3.05) is 6.54 Å². The maximum Gasteiger partial charge on any atom is 0.119 e. The highest BCUT2D eigenvalue weighted by atomic mass is 35.5. The van der Waals surface area contributed by atoms with Gasteiger partial charge in [-0.2, -0.15) is 0 Å². The molecule has 0 bridgehead atoms. The van der Waals surface area contributed by atoms with Crippen LogP contribution in [0, 0.1) is 5.92 Å². The first-order valence-electron chi connectivity index (χ1n) is 7.11. The van der Waals surface area contributed by atoms with Crippen molar-refractivity contribution in [2.24, 2.45) is 5.92 Å². The van der Waals surface area contributed by atoms with E-state index in [4.69, 9.17) is 23.2 Å². The van der Waals surface area contributed by atoms with E-state index in [-0.39, 0.29) is 6.04 Å². The second-order valence-electron chi connectivity index (χ2n) is 5.92. The minimum absolute atomic E-state index is 0.267. The molecule has 1 heterocycles. The van der Waals surface area contributed by atoms with Crippen molar-refractivity contribution in [2.45, 2.75) is 43.7 Å². The van der Waals surface area contributed by atoms with E-state index >= 15 is 0 Å². The smallest absolute Gasteiger partial charge is 0.119 e. The second kappa shape index (κ2) is 5.25. The zero-order valence-electron chi connectivity index (χ0n) is 10.9. The van der Waals surface area contributed by atoms with Crippen LogP contribution in [0.5, 0.6) is 0 Å². The Kier molecular flexibility index (Phi) is 3.78. The van der Waals surface area contributed by atoms with Crippen LogP contribution in [0.4, 0.5) is 0 Å². The number of rotatable bonds is 1. The molecule has 0 aromatic heterocycles. The third kappa shape index (κ3) is 2.52.